The maximum Gasteiger partial charge on any atom is 0.161 e. The molecule has 0 saturated carbocycles. The third kappa shape index (κ3) is 11.6. The van der Waals surface area contributed by atoms with Crippen molar-refractivity contribution in [1.82, 2.24) is 0 Å². The minimum absolute atomic E-state index is 0.380. The quantitative estimate of drug-likeness (QED) is 0.401. The summed E-state index contributed by atoms with van der Waals surface area (Å²) in [6.07, 6.45) is 3.36. The van der Waals surface area contributed by atoms with Gasteiger partial charge in [0.1, 0.15) is 0 Å². The molecular weight excluding hydrogens is 292 g/mol. The first-order valence-corrected chi connectivity index (χ1v) is 12.1. The minimum Gasteiger partial charge on any atom is -0.421 e. The smallest absolute Gasteiger partial charge is 0.161 e. The largest absolute Gasteiger partial charge is 0.421 e. The third-order valence-electron chi connectivity index (χ3n) is 3.85. The van der Waals surface area contributed by atoms with Crippen LogP contribution in [0.3, 0.4) is 0 Å². The summed E-state index contributed by atoms with van der Waals surface area (Å²) in [4.78, 5) is 0. The summed E-state index contributed by atoms with van der Waals surface area (Å²) >= 11 is 0. The summed E-state index contributed by atoms with van der Waals surface area (Å²) in [5, 5.41) is 0. The van der Waals surface area contributed by atoms with E-state index in [9.17, 15) is 0 Å². The van der Waals surface area contributed by atoms with Gasteiger partial charge in [0.05, 0.1) is 0 Å². The molecule has 0 saturated heterocycles. The van der Waals surface area contributed by atoms with Gasteiger partial charge in [-0.1, -0.05) is 55.4 Å². The zero-order chi connectivity index (χ0) is 16.4. The van der Waals surface area contributed by atoms with Crippen LogP contribution >= 0.6 is 0 Å². The fourth-order valence-electron chi connectivity index (χ4n) is 2.52. The van der Waals surface area contributed by atoms with Gasteiger partial charge in [0.15, 0.2) is 19.5 Å². The lowest BCUT2D eigenvalue weighted by atomic mass is 9.98. The lowest BCUT2D eigenvalue weighted by Crippen LogP contribution is -2.27. The van der Waals surface area contributed by atoms with Gasteiger partial charge in [-0.3, -0.25) is 0 Å². The molecule has 21 heavy (non-hydrogen) atoms. The Kier molecular flexibility index (Phi) is 12.1. The van der Waals surface area contributed by atoms with Crippen LogP contribution in [0.1, 0.15) is 68.2 Å². The summed E-state index contributed by atoms with van der Waals surface area (Å²) in [6.45, 7) is 18.3. The summed E-state index contributed by atoms with van der Waals surface area (Å²) in [5.41, 5.74) is 1.28. The van der Waals surface area contributed by atoms with E-state index < -0.39 is 0 Å². The highest BCUT2D eigenvalue weighted by Gasteiger charge is 2.17. The van der Waals surface area contributed by atoms with E-state index in [1.165, 1.54) is 18.5 Å². The van der Waals surface area contributed by atoms with Gasteiger partial charge in [0.2, 0.25) is 0 Å². The molecule has 0 amide bonds. The molecule has 0 N–H and O–H groups in total. The van der Waals surface area contributed by atoms with Crippen LogP contribution in [0.5, 0.6) is 0 Å². The van der Waals surface area contributed by atoms with Crippen molar-refractivity contribution in [2.45, 2.75) is 86.1 Å². The molecule has 0 rings (SSSR count). The van der Waals surface area contributed by atoms with Crippen molar-refractivity contribution >= 4 is 19.5 Å². The first-order chi connectivity index (χ1) is 9.73. The van der Waals surface area contributed by atoms with Gasteiger partial charge in [-0.25, -0.2) is 0 Å². The number of hydrogen-bond donors (Lipinski definition) is 0. The monoisotopic (exact) mass is 332 g/mol. The van der Waals surface area contributed by atoms with Crippen LogP contribution in [0, 0.1) is 23.7 Å². The minimum atomic E-state index is -0.380. The molecule has 128 valence electrons. The molecule has 0 aliphatic heterocycles. The summed E-state index contributed by atoms with van der Waals surface area (Å²) in [6, 6.07) is 0. The molecule has 0 radical (unpaired) electrons. The second-order valence-corrected chi connectivity index (χ2v) is 12.2. The van der Waals surface area contributed by atoms with Crippen LogP contribution in [-0.4, -0.2) is 31.7 Å². The molecule has 2 unspecified atom stereocenters. The Morgan fingerprint density at radius 3 is 1.19 bits per heavy atom. The second kappa shape index (κ2) is 11.9. The molecule has 2 nitrogen and oxygen atoms in total. The summed E-state index contributed by atoms with van der Waals surface area (Å²) < 4.78 is 12.5. The SMILES string of the molecule is CC(C)CC(O[SiH2]C[SiH2]OC(CC(C)C)C(C)C)C(C)C. The highest BCUT2D eigenvalue weighted by atomic mass is 28.3. The van der Waals surface area contributed by atoms with Gasteiger partial charge < -0.3 is 8.85 Å². The van der Waals surface area contributed by atoms with E-state index in [1.54, 1.807) is 0 Å². The van der Waals surface area contributed by atoms with Crippen LogP contribution in [0.4, 0.5) is 0 Å². The predicted molar refractivity (Wildman–Crippen MR) is 100 cm³/mol. The van der Waals surface area contributed by atoms with Crippen LogP contribution in [0.2, 0.25) is 5.67 Å². The van der Waals surface area contributed by atoms with E-state index >= 15 is 0 Å². The maximum atomic E-state index is 6.23. The van der Waals surface area contributed by atoms with E-state index in [1.807, 2.05) is 0 Å². The molecule has 2 atom stereocenters. The van der Waals surface area contributed by atoms with Crippen molar-refractivity contribution in [2.75, 3.05) is 0 Å². The van der Waals surface area contributed by atoms with Gasteiger partial charge in [-0.2, -0.15) is 0 Å². The van der Waals surface area contributed by atoms with Gasteiger partial charge in [0.25, 0.3) is 0 Å². The Morgan fingerprint density at radius 2 is 0.952 bits per heavy atom. The van der Waals surface area contributed by atoms with E-state index in [-0.39, 0.29) is 19.5 Å². The second-order valence-electron chi connectivity index (χ2n) is 7.92. The van der Waals surface area contributed by atoms with Crippen LogP contribution in [0.15, 0.2) is 0 Å². The number of hydrogen-bond acceptors (Lipinski definition) is 2. The van der Waals surface area contributed by atoms with E-state index in [0.29, 0.717) is 24.0 Å². The average molecular weight is 333 g/mol. The van der Waals surface area contributed by atoms with E-state index in [0.717, 1.165) is 11.8 Å². The Balaban J connectivity index is 3.91. The van der Waals surface area contributed by atoms with Crippen LogP contribution in [0.25, 0.3) is 0 Å². The molecule has 0 aromatic carbocycles. The van der Waals surface area contributed by atoms with Crippen molar-refractivity contribution < 1.29 is 8.85 Å². The fourth-order valence-corrected chi connectivity index (χ4v) is 5.98. The Labute approximate surface area is 138 Å². The third-order valence-corrected chi connectivity index (χ3v) is 7.48. The molecule has 0 fully saturated rings. The lowest BCUT2D eigenvalue weighted by Gasteiger charge is -2.25. The van der Waals surface area contributed by atoms with Crippen molar-refractivity contribution in [3.8, 4) is 0 Å². The molecule has 0 heterocycles. The van der Waals surface area contributed by atoms with Gasteiger partial charge in [-0.15, -0.1) is 0 Å². The Hall–Kier alpha value is 0.354. The molecule has 0 aliphatic carbocycles. The Morgan fingerprint density at radius 1 is 0.619 bits per heavy atom. The van der Waals surface area contributed by atoms with Crippen LogP contribution < -0.4 is 0 Å². The zero-order valence-corrected chi connectivity index (χ0v) is 18.6. The average Bonchev–Trinajstić information content (AvgIpc) is 2.34. The summed E-state index contributed by atoms with van der Waals surface area (Å²) in [7, 11) is -0.759. The van der Waals surface area contributed by atoms with E-state index in [2.05, 4.69) is 55.4 Å². The van der Waals surface area contributed by atoms with E-state index in [4.69, 9.17) is 8.85 Å². The maximum absolute atomic E-state index is 6.23. The molecular formula is C17H40O2Si2. The first kappa shape index (κ1) is 21.4. The number of rotatable bonds is 12. The van der Waals surface area contributed by atoms with Crippen LogP contribution in [-0.2, 0) is 8.85 Å². The molecule has 0 aromatic heterocycles. The normalized spacial score (nSPS) is 16.6. The molecule has 0 spiro atoms. The molecule has 0 aliphatic rings. The topological polar surface area (TPSA) is 18.5 Å². The Bertz CT molecular complexity index is 219. The van der Waals surface area contributed by atoms with Crippen molar-refractivity contribution in [3.05, 3.63) is 0 Å². The highest BCUT2D eigenvalue weighted by molar-refractivity contribution is 6.48. The van der Waals surface area contributed by atoms with Gasteiger partial charge >= 0.3 is 0 Å². The first-order valence-electron chi connectivity index (χ1n) is 8.97. The fraction of sp³-hybridized carbons (Fsp3) is 1.00. The predicted octanol–water partition coefficient (Wildman–Crippen LogP) is 3.70. The molecule has 4 heteroatoms. The zero-order valence-electron chi connectivity index (χ0n) is 15.8. The highest BCUT2D eigenvalue weighted by Crippen LogP contribution is 2.17. The molecule has 0 bridgehead atoms. The van der Waals surface area contributed by atoms with Gasteiger partial charge in [-0.05, 0) is 42.2 Å². The summed E-state index contributed by atoms with van der Waals surface area (Å²) in [5.74, 6) is 2.76. The standard InChI is InChI=1S/C17H40O2Si2/c1-12(2)9-16(14(5)6)18-20-11-21-19-17(15(7)8)10-13(3)4/h12-17H,9-11,20-21H2,1-8H3. The van der Waals surface area contributed by atoms with Gasteiger partial charge in [0, 0.05) is 12.2 Å². The lowest BCUT2D eigenvalue weighted by molar-refractivity contribution is 0.128. The van der Waals surface area contributed by atoms with Crippen molar-refractivity contribution in [2.24, 2.45) is 23.7 Å². The van der Waals surface area contributed by atoms with Crippen molar-refractivity contribution in [3.63, 3.8) is 0 Å². The van der Waals surface area contributed by atoms with Crippen molar-refractivity contribution in [1.29, 1.82) is 0 Å². The molecule has 0 aromatic rings.